The fourth-order valence-electron chi connectivity index (χ4n) is 0.541. The summed E-state index contributed by atoms with van der Waals surface area (Å²) in [6, 6.07) is -0.310. The predicted octanol–water partition coefficient (Wildman–Crippen LogP) is -3.72. The molecule has 5 heteroatoms. The Bertz CT molecular complexity index is 152. The van der Waals surface area contributed by atoms with Crippen molar-refractivity contribution >= 4 is 11.9 Å². The van der Waals surface area contributed by atoms with Gasteiger partial charge in [-0.2, -0.15) is 0 Å². The van der Waals surface area contributed by atoms with Gasteiger partial charge in [0.05, 0.1) is 0 Å². The minimum Gasteiger partial charge on any atom is -1.00 e. The third kappa shape index (κ3) is 1.97. The van der Waals surface area contributed by atoms with Gasteiger partial charge in [0.15, 0.2) is 0 Å². The first kappa shape index (κ1) is 8.94. The Hall–Kier alpha value is -0.0600. The maximum absolute atomic E-state index is 10.4. The summed E-state index contributed by atoms with van der Waals surface area (Å²) in [7, 11) is 1.57. The van der Waals surface area contributed by atoms with Gasteiger partial charge in [-0.25, -0.2) is 4.79 Å². The van der Waals surface area contributed by atoms with E-state index in [2.05, 4.69) is 5.32 Å². The van der Waals surface area contributed by atoms with E-state index in [9.17, 15) is 9.59 Å². The molecule has 0 spiro atoms. The molecule has 4 nitrogen and oxygen atoms in total. The number of rotatable bonds is 0. The van der Waals surface area contributed by atoms with Crippen molar-refractivity contribution in [1.29, 1.82) is 0 Å². The van der Waals surface area contributed by atoms with Crippen molar-refractivity contribution in [2.24, 2.45) is 0 Å². The number of likely N-dealkylation sites (N-methyl/N-ethyl adjacent to an activating group) is 1. The Morgan fingerprint density at radius 3 is 2.33 bits per heavy atom. The van der Waals surface area contributed by atoms with E-state index in [0.29, 0.717) is 0 Å². The van der Waals surface area contributed by atoms with E-state index in [-0.39, 0.29) is 49.5 Å². The van der Waals surface area contributed by atoms with Gasteiger partial charge in [0.25, 0.3) is 0 Å². The van der Waals surface area contributed by atoms with Crippen molar-refractivity contribution in [3.63, 3.8) is 0 Å². The molecule has 0 atom stereocenters. The van der Waals surface area contributed by atoms with Gasteiger partial charge in [-0.3, -0.25) is 10.1 Å². The van der Waals surface area contributed by atoms with Crippen LogP contribution in [0.2, 0.25) is 0 Å². The minimum absolute atomic E-state index is 0. The van der Waals surface area contributed by atoms with Crippen molar-refractivity contribution in [3.8, 4) is 0 Å². The van der Waals surface area contributed by atoms with Gasteiger partial charge >= 0.3 is 35.6 Å². The first-order chi connectivity index (χ1) is 3.70. The van der Waals surface area contributed by atoms with Crippen LogP contribution in [-0.4, -0.2) is 30.4 Å². The molecule has 0 radical (unpaired) electrons. The zero-order chi connectivity index (χ0) is 6.15. The number of amides is 3. The van der Waals surface area contributed by atoms with E-state index >= 15 is 0 Å². The second kappa shape index (κ2) is 3.20. The summed E-state index contributed by atoms with van der Waals surface area (Å²) in [5, 5.41) is 2.11. The van der Waals surface area contributed by atoms with Crippen LogP contribution in [0.25, 0.3) is 0 Å². The summed E-state index contributed by atoms with van der Waals surface area (Å²) < 4.78 is 0. The third-order valence-electron chi connectivity index (χ3n) is 0.974. The summed E-state index contributed by atoms with van der Waals surface area (Å²) in [4.78, 5) is 22.0. The van der Waals surface area contributed by atoms with Crippen LogP contribution in [0.1, 0.15) is 1.43 Å². The largest absolute Gasteiger partial charge is 1.00 e. The number of hydrogen-bond donors (Lipinski definition) is 1. The van der Waals surface area contributed by atoms with E-state index < -0.39 is 0 Å². The molecule has 0 bridgehead atoms. The monoisotopic (exact) mass is 138 g/mol. The van der Waals surface area contributed by atoms with E-state index in [4.69, 9.17) is 0 Å². The van der Waals surface area contributed by atoms with Crippen LogP contribution >= 0.6 is 0 Å². The summed E-state index contributed by atoms with van der Waals surface area (Å²) in [6.07, 6.45) is 0. The molecule has 0 aromatic carbocycles. The molecule has 3 amide bonds. The normalized spacial score (nSPS) is 17.2. The molecular formula is C4H7N2NaO2. The molecule has 46 valence electrons. The number of carbonyl (C=O) groups excluding carboxylic acids is 2. The number of hydrogen-bond acceptors (Lipinski definition) is 2. The first-order valence-corrected chi connectivity index (χ1v) is 2.25. The topological polar surface area (TPSA) is 49.4 Å². The maximum atomic E-state index is 10.4. The number of carbonyl (C=O) groups is 2. The van der Waals surface area contributed by atoms with E-state index in [1.165, 1.54) is 4.90 Å². The predicted molar refractivity (Wildman–Crippen MR) is 27.3 cm³/mol. The molecule has 0 aromatic rings. The van der Waals surface area contributed by atoms with Gasteiger partial charge in [-0.1, -0.05) is 0 Å². The van der Waals surface area contributed by atoms with Crippen molar-refractivity contribution in [3.05, 3.63) is 0 Å². The Labute approximate surface area is 76.4 Å². The molecule has 0 saturated carbocycles. The molecule has 1 heterocycles. The van der Waals surface area contributed by atoms with Gasteiger partial charge in [0, 0.05) is 7.05 Å². The van der Waals surface area contributed by atoms with Crippen LogP contribution in [0.15, 0.2) is 0 Å². The summed E-state index contributed by atoms with van der Waals surface area (Å²) in [5.41, 5.74) is 0. The number of urea groups is 1. The van der Waals surface area contributed by atoms with Crippen molar-refractivity contribution in [1.82, 2.24) is 10.2 Å². The average Bonchev–Trinajstić information content (AvgIpc) is 1.85. The molecule has 0 aromatic heterocycles. The van der Waals surface area contributed by atoms with Crippen LogP contribution in [-0.2, 0) is 4.79 Å². The van der Waals surface area contributed by atoms with E-state index in [0.717, 1.165) is 0 Å². The second-order valence-corrected chi connectivity index (χ2v) is 1.71. The van der Waals surface area contributed by atoms with Crippen LogP contribution in [0.3, 0.4) is 0 Å². The Balaban J connectivity index is 0. The quantitative estimate of drug-likeness (QED) is 0.276. The zero-order valence-corrected chi connectivity index (χ0v) is 7.47. The summed E-state index contributed by atoms with van der Waals surface area (Å²) >= 11 is 0. The van der Waals surface area contributed by atoms with Crippen molar-refractivity contribution < 1.29 is 40.6 Å². The first-order valence-electron chi connectivity index (χ1n) is 2.25. The molecule has 1 aliphatic heterocycles. The number of imide groups is 1. The standard InChI is InChI=1S/C4H6N2O2.Na.H/c1-6-2-3(7)5-4(6)8;;/h2H2,1H3,(H,5,7,8);;/q;+1;-1. The van der Waals surface area contributed by atoms with E-state index in [1.807, 2.05) is 0 Å². The van der Waals surface area contributed by atoms with Crippen molar-refractivity contribution in [2.45, 2.75) is 0 Å². The average molecular weight is 138 g/mol. The van der Waals surface area contributed by atoms with Gasteiger partial charge in [-0.15, -0.1) is 0 Å². The minimum atomic E-state index is -0.310. The molecule has 0 aliphatic carbocycles. The van der Waals surface area contributed by atoms with Crippen LogP contribution in [0.4, 0.5) is 4.79 Å². The third-order valence-corrected chi connectivity index (χ3v) is 0.974. The fourth-order valence-corrected chi connectivity index (χ4v) is 0.541. The molecule has 1 rings (SSSR count). The number of nitrogens with zero attached hydrogens (tertiary/aromatic N) is 1. The Morgan fingerprint density at radius 1 is 1.67 bits per heavy atom. The van der Waals surface area contributed by atoms with Crippen molar-refractivity contribution in [2.75, 3.05) is 13.6 Å². The Kier molecular flexibility index (Phi) is 3.17. The van der Waals surface area contributed by atoms with Gasteiger partial charge in [0.1, 0.15) is 6.54 Å². The molecule has 0 unspecified atom stereocenters. The zero-order valence-electron chi connectivity index (χ0n) is 6.47. The fraction of sp³-hybridized carbons (Fsp3) is 0.500. The van der Waals surface area contributed by atoms with E-state index in [1.54, 1.807) is 7.05 Å². The number of nitrogens with one attached hydrogen (secondary N) is 1. The molecule has 1 saturated heterocycles. The SMILES string of the molecule is CN1CC(=O)NC1=O.[H-].[Na+]. The molecule has 1 aliphatic rings. The smallest absolute Gasteiger partial charge is 1.00 e. The molecule has 1 N–H and O–H groups in total. The van der Waals surface area contributed by atoms with Gasteiger partial charge in [-0.05, 0) is 0 Å². The Morgan fingerprint density at radius 2 is 2.22 bits per heavy atom. The molecule has 1 fully saturated rings. The van der Waals surface area contributed by atoms with Gasteiger partial charge < -0.3 is 6.33 Å². The molecular weight excluding hydrogens is 131 g/mol. The van der Waals surface area contributed by atoms with Crippen LogP contribution in [0.5, 0.6) is 0 Å². The van der Waals surface area contributed by atoms with Crippen LogP contribution < -0.4 is 34.9 Å². The second-order valence-electron chi connectivity index (χ2n) is 1.71. The van der Waals surface area contributed by atoms with Crippen LogP contribution in [0, 0.1) is 0 Å². The molecule has 9 heavy (non-hydrogen) atoms. The maximum Gasteiger partial charge on any atom is 1.00 e. The summed E-state index contributed by atoms with van der Waals surface area (Å²) in [6.45, 7) is 0.193. The summed E-state index contributed by atoms with van der Waals surface area (Å²) in [5.74, 6) is -0.225. The van der Waals surface area contributed by atoms with Gasteiger partial charge in [0.2, 0.25) is 5.91 Å².